The molecule has 1 aromatic heterocycles. The molecule has 0 amide bonds. The highest BCUT2D eigenvalue weighted by Crippen LogP contribution is 2.34. The van der Waals surface area contributed by atoms with Crippen molar-refractivity contribution in [1.29, 1.82) is 0 Å². The lowest BCUT2D eigenvalue weighted by atomic mass is 9.98. The Kier molecular flexibility index (Phi) is 3.05. The van der Waals surface area contributed by atoms with E-state index in [0.717, 1.165) is 35.3 Å². The van der Waals surface area contributed by atoms with Crippen molar-refractivity contribution >= 4 is 16.9 Å². The number of carbonyl (C=O) groups is 1. The molecule has 1 N–H and O–H groups in total. The Bertz CT molecular complexity index is 661. The Hall–Kier alpha value is -1.81. The van der Waals surface area contributed by atoms with E-state index >= 15 is 0 Å². The summed E-state index contributed by atoms with van der Waals surface area (Å²) in [6.45, 7) is 5.22. The molecule has 4 nitrogen and oxygen atoms in total. The summed E-state index contributed by atoms with van der Waals surface area (Å²) in [4.78, 5) is 13.6. The van der Waals surface area contributed by atoms with Gasteiger partial charge in [0.1, 0.15) is 16.9 Å². The van der Waals surface area contributed by atoms with Crippen molar-refractivity contribution in [2.24, 2.45) is 0 Å². The minimum Gasteiger partial charge on any atom is -0.480 e. The fraction of sp³-hybridized carbons (Fsp3) is 0.438. The molecule has 1 saturated heterocycles. The number of hydrogen-bond acceptors (Lipinski definition) is 3. The Balaban J connectivity index is 1.97. The molecule has 0 spiro atoms. The van der Waals surface area contributed by atoms with Gasteiger partial charge in [-0.25, -0.2) is 0 Å². The second kappa shape index (κ2) is 4.63. The van der Waals surface area contributed by atoms with Crippen LogP contribution in [0.2, 0.25) is 0 Å². The van der Waals surface area contributed by atoms with Gasteiger partial charge in [0.05, 0.1) is 0 Å². The summed E-state index contributed by atoms with van der Waals surface area (Å²) in [6.07, 6.45) is 1.63. The van der Waals surface area contributed by atoms with Gasteiger partial charge in [-0.3, -0.25) is 9.69 Å². The third-order valence-corrected chi connectivity index (χ3v) is 4.50. The third-order valence-electron chi connectivity index (χ3n) is 4.50. The zero-order valence-corrected chi connectivity index (χ0v) is 11.8. The number of carboxylic acid groups (broad SMARTS) is 1. The maximum Gasteiger partial charge on any atom is 0.323 e. The van der Waals surface area contributed by atoms with Crippen molar-refractivity contribution in [3.05, 3.63) is 35.6 Å². The molecule has 3 rings (SSSR count). The molecule has 1 aliphatic rings. The van der Waals surface area contributed by atoms with Crippen LogP contribution in [0.1, 0.15) is 31.1 Å². The molecule has 0 saturated carbocycles. The van der Waals surface area contributed by atoms with Gasteiger partial charge in [0.25, 0.3) is 0 Å². The normalized spacial score (nSPS) is 23.5. The summed E-state index contributed by atoms with van der Waals surface area (Å²) < 4.78 is 5.76. The number of benzene rings is 1. The van der Waals surface area contributed by atoms with Crippen LogP contribution in [0.15, 0.2) is 28.7 Å². The van der Waals surface area contributed by atoms with Crippen molar-refractivity contribution in [3.8, 4) is 0 Å². The second-order valence-electron chi connectivity index (χ2n) is 5.74. The van der Waals surface area contributed by atoms with Crippen LogP contribution >= 0.6 is 0 Å². The Labute approximate surface area is 118 Å². The fourth-order valence-electron chi connectivity index (χ4n) is 3.12. The van der Waals surface area contributed by atoms with E-state index in [4.69, 9.17) is 4.42 Å². The monoisotopic (exact) mass is 273 g/mol. The van der Waals surface area contributed by atoms with Crippen LogP contribution in [-0.4, -0.2) is 28.1 Å². The lowest BCUT2D eigenvalue weighted by molar-refractivity contribution is -0.148. The molecular formula is C16H19NO3. The van der Waals surface area contributed by atoms with Crippen molar-refractivity contribution in [3.63, 3.8) is 0 Å². The molecular weight excluding hydrogens is 254 g/mol. The van der Waals surface area contributed by atoms with Crippen molar-refractivity contribution < 1.29 is 14.3 Å². The van der Waals surface area contributed by atoms with E-state index in [9.17, 15) is 9.90 Å². The summed E-state index contributed by atoms with van der Waals surface area (Å²) in [7, 11) is 0. The lowest BCUT2D eigenvalue weighted by Gasteiger charge is -2.31. The number of carboxylic acids is 1. The highest BCUT2D eigenvalue weighted by atomic mass is 16.4. The molecule has 0 aliphatic carbocycles. The van der Waals surface area contributed by atoms with Gasteiger partial charge in [0.15, 0.2) is 0 Å². The average Bonchev–Trinajstić information content (AvgIpc) is 2.93. The number of aliphatic carboxylic acids is 1. The highest BCUT2D eigenvalue weighted by molar-refractivity contribution is 5.82. The SMILES string of the molecule is Cc1oc2ccccc2c1CN1CCCC1(C)C(=O)O. The maximum absolute atomic E-state index is 11.5. The first-order valence-corrected chi connectivity index (χ1v) is 6.98. The Morgan fingerprint density at radius 1 is 1.45 bits per heavy atom. The second-order valence-corrected chi connectivity index (χ2v) is 5.74. The minimum atomic E-state index is -0.759. The van der Waals surface area contributed by atoms with Crippen LogP contribution in [0.3, 0.4) is 0 Å². The van der Waals surface area contributed by atoms with E-state index < -0.39 is 11.5 Å². The van der Waals surface area contributed by atoms with Crippen LogP contribution in [0.4, 0.5) is 0 Å². The molecule has 1 fully saturated rings. The maximum atomic E-state index is 11.5. The predicted molar refractivity (Wildman–Crippen MR) is 76.6 cm³/mol. The van der Waals surface area contributed by atoms with Gasteiger partial charge >= 0.3 is 5.97 Å². The van der Waals surface area contributed by atoms with E-state index in [-0.39, 0.29) is 0 Å². The largest absolute Gasteiger partial charge is 0.480 e. The number of nitrogens with zero attached hydrogens (tertiary/aromatic N) is 1. The van der Waals surface area contributed by atoms with E-state index in [1.54, 1.807) is 0 Å². The van der Waals surface area contributed by atoms with Gasteiger partial charge in [-0.05, 0) is 39.3 Å². The van der Waals surface area contributed by atoms with Gasteiger partial charge in [0.2, 0.25) is 0 Å². The van der Waals surface area contributed by atoms with Gasteiger partial charge < -0.3 is 9.52 Å². The van der Waals surface area contributed by atoms with E-state index in [1.165, 1.54) is 0 Å². The molecule has 1 aliphatic heterocycles. The number of furan rings is 1. The molecule has 0 radical (unpaired) electrons. The van der Waals surface area contributed by atoms with Crippen molar-refractivity contribution in [2.75, 3.05) is 6.54 Å². The molecule has 1 unspecified atom stereocenters. The van der Waals surface area contributed by atoms with Crippen molar-refractivity contribution in [1.82, 2.24) is 4.90 Å². The molecule has 1 atom stereocenters. The zero-order chi connectivity index (χ0) is 14.3. The number of rotatable bonds is 3. The quantitative estimate of drug-likeness (QED) is 0.933. The molecule has 4 heteroatoms. The average molecular weight is 273 g/mol. The summed E-state index contributed by atoms with van der Waals surface area (Å²) in [6, 6.07) is 7.93. The first-order valence-electron chi connectivity index (χ1n) is 6.98. The molecule has 0 bridgehead atoms. The molecule has 20 heavy (non-hydrogen) atoms. The van der Waals surface area contributed by atoms with Crippen LogP contribution in [-0.2, 0) is 11.3 Å². The lowest BCUT2D eigenvalue weighted by Crippen LogP contribution is -2.47. The van der Waals surface area contributed by atoms with Crippen molar-refractivity contribution in [2.45, 2.75) is 38.8 Å². The molecule has 2 aromatic rings. The van der Waals surface area contributed by atoms with Gasteiger partial charge in [0, 0.05) is 17.5 Å². The zero-order valence-electron chi connectivity index (χ0n) is 11.8. The van der Waals surface area contributed by atoms with Crippen LogP contribution in [0, 0.1) is 6.92 Å². The Morgan fingerprint density at radius 3 is 2.95 bits per heavy atom. The first-order chi connectivity index (χ1) is 9.52. The predicted octanol–water partition coefficient (Wildman–Crippen LogP) is 3.18. The number of likely N-dealkylation sites (tertiary alicyclic amines) is 1. The smallest absolute Gasteiger partial charge is 0.323 e. The number of hydrogen-bond donors (Lipinski definition) is 1. The summed E-state index contributed by atoms with van der Waals surface area (Å²) in [5.41, 5.74) is 1.22. The van der Waals surface area contributed by atoms with Gasteiger partial charge in [-0.15, -0.1) is 0 Å². The van der Waals surface area contributed by atoms with Crippen LogP contribution < -0.4 is 0 Å². The Morgan fingerprint density at radius 2 is 2.20 bits per heavy atom. The van der Waals surface area contributed by atoms with E-state index in [0.29, 0.717) is 13.0 Å². The topological polar surface area (TPSA) is 53.7 Å². The number of fused-ring (bicyclic) bond motifs is 1. The van der Waals surface area contributed by atoms with Gasteiger partial charge in [-0.2, -0.15) is 0 Å². The molecule has 2 heterocycles. The van der Waals surface area contributed by atoms with Crippen LogP contribution in [0.5, 0.6) is 0 Å². The summed E-state index contributed by atoms with van der Waals surface area (Å²) in [5, 5.41) is 10.6. The summed E-state index contributed by atoms with van der Waals surface area (Å²) >= 11 is 0. The van der Waals surface area contributed by atoms with Crippen LogP contribution in [0.25, 0.3) is 11.0 Å². The number of aryl methyl sites for hydroxylation is 1. The summed E-state index contributed by atoms with van der Waals surface area (Å²) in [5.74, 6) is 0.145. The number of para-hydroxylation sites is 1. The fourth-order valence-corrected chi connectivity index (χ4v) is 3.12. The first kappa shape index (κ1) is 13.2. The highest BCUT2D eigenvalue weighted by Gasteiger charge is 2.43. The third kappa shape index (κ3) is 1.91. The minimum absolute atomic E-state index is 0.631. The molecule has 1 aromatic carbocycles. The molecule has 106 valence electrons. The van der Waals surface area contributed by atoms with E-state index in [1.807, 2.05) is 38.1 Å². The van der Waals surface area contributed by atoms with Gasteiger partial charge in [-0.1, -0.05) is 18.2 Å². The van der Waals surface area contributed by atoms with E-state index in [2.05, 4.69) is 4.90 Å². The standard InChI is InChI=1S/C16H19NO3/c1-11-13(12-6-3-4-7-14(12)20-11)10-17-9-5-8-16(17,2)15(18)19/h3-4,6-7H,5,8-10H2,1-2H3,(H,18,19).